The molecular formula is C16H20O4. The molecule has 0 saturated carbocycles. The first-order chi connectivity index (χ1) is 9.46. The van der Waals surface area contributed by atoms with Crippen LogP contribution < -0.4 is 0 Å². The molecule has 1 atom stereocenters. The Morgan fingerprint density at radius 3 is 2.05 bits per heavy atom. The average molecular weight is 276 g/mol. The number of benzene rings is 1. The van der Waals surface area contributed by atoms with Gasteiger partial charge in [0, 0.05) is 5.92 Å². The van der Waals surface area contributed by atoms with Gasteiger partial charge in [0.05, 0.1) is 14.2 Å². The van der Waals surface area contributed by atoms with Crippen molar-refractivity contribution in [2.24, 2.45) is 11.3 Å². The van der Waals surface area contributed by atoms with Crippen molar-refractivity contribution in [1.82, 2.24) is 0 Å². The first-order valence-corrected chi connectivity index (χ1v) is 6.37. The summed E-state index contributed by atoms with van der Waals surface area (Å²) in [6.45, 7) is 3.32. The lowest BCUT2D eigenvalue weighted by Gasteiger charge is -2.28. The molecule has 0 unspecified atom stereocenters. The van der Waals surface area contributed by atoms with Crippen molar-refractivity contribution in [1.29, 1.82) is 0 Å². The van der Waals surface area contributed by atoms with Gasteiger partial charge in [-0.15, -0.1) is 0 Å². The molecule has 1 aromatic rings. The van der Waals surface area contributed by atoms with Crippen LogP contribution in [-0.2, 0) is 19.1 Å². The van der Waals surface area contributed by atoms with Crippen LogP contribution in [0.2, 0.25) is 0 Å². The number of carbonyl (C=O) groups excluding carboxylic acids is 2. The van der Waals surface area contributed by atoms with E-state index < -0.39 is 17.4 Å². The summed E-state index contributed by atoms with van der Waals surface area (Å²) in [5.41, 5.74) is -0.356. The second-order valence-corrected chi connectivity index (χ2v) is 4.74. The number of esters is 2. The maximum absolute atomic E-state index is 11.9. The van der Waals surface area contributed by atoms with Crippen molar-refractivity contribution < 1.29 is 19.1 Å². The summed E-state index contributed by atoms with van der Waals surface area (Å²) in [5, 5.41) is 0. The largest absolute Gasteiger partial charge is 0.468 e. The Balaban J connectivity index is 3.00. The van der Waals surface area contributed by atoms with E-state index in [4.69, 9.17) is 9.47 Å². The Hall–Kier alpha value is -2.10. The van der Waals surface area contributed by atoms with Crippen LogP contribution in [0.15, 0.2) is 36.4 Å². The lowest BCUT2D eigenvalue weighted by molar-refractivity contribution is -0.170. The van der Waals surface area contributed by atoms with E-state index in [1.807, 2.05) is 42.5 Å². The molecule has 0 amide bonds. The number of allylic oxidation sites excluding steroid dienone is 1. The molecule has 4 heteroatoms. The minimum absolute atomic E-state index is 0.359. The van der Waals surface area contributed by atoms with Crippen molar-refractivity contribution in [2.75, 3.05) is 14.2 Å². The van der Waals surface area contributed by atoms with Crippen LogP contribution in [0.25, 0.3) is 6.08 Å². The number of hydrogen-bond acceptors (Lipinski definition) is 4. The van der Waals surface area contributed by atoms with Gasteiger partial charge in [0.15, 0.2) is 5.41 Å². The zero-order valence-corrected chi connectivity index (χ0v) is 12.3. The fourth-order valence-corrected chi connectivity index (χ4v) is 1.89. The molecule has 108 valence electrons. The molecule has 0 aromatic heterocycles. The van der Waals surface area contributed by atoms with Crippen LogP contribution in [-0.4, -0.2) is 26.2 Å². The summed E-state index contributed by atoms with van der Waals surface area (Å²) < 4.78 is 9.48. The molecule has 0 aliphatic heterocycles. The summed E-state index contributed by atoms with van der Waals surface area (Å²) in [6, 6.07) is 9.65. The standard InChI is InChI=1S/C16H20O4/c1-12(10-11-13-8-6-5-7-9-13)16(2,14(17)19-3)15(18)20-4/h5-12H,1-4H3/b11-10+/t12-/m0/s1. The molecule has 0 saturated heterocycles. The molecule has 4 nitrogen and oxygen atoms in total. The first kappa shape index (κ1) is 16.0. The number of hydrogen-bond donors (Lipinski definition) is 0. The minimum Gasteiger partial charge on any atom is -0.468 e. The second-order valence-electron chi connectivity index (χ2n) is 4.74. The van der Waals surface area contributed by atoms with Crippen molar-refractivity contribution in [3.05, 3.63) is 42.0 Å². The lowest BCUT2D eigenvalue weighted by Crippen LogP contribution is -2.43. The number of methoxy groups -OCH3 is 2. The van der Waals surface area contributed by atoms with Gasteiger partial charge in [0.25, 0.3) is 0 Å². The first-order valence-electron chi connectivity index (χ1n) is 6.37. The van der Waals surface area contributed by atoms with Crippen LogP contribution in [0.3, 0.4) is 0 Å². The van der Waals surface area contributed by atoms with E-state index in [9.17, 15) is 9.59 Å². The minimum atomic E-state index is -1.35. The summed E-state index contributed by atoms with van der Waals surface area (Å²) in [7, 11) is 2.52. The van der Waals surface area contributed by atoms with Crippen molar-refractivity contribution in [3.8, 4) is 0 Å². The van der Waals surface area contributed by atoms with E-state index in [2.05, 4.69) is 0 Å². The molecule has 0 N–H and O–H groups in total. The summed E-state index contributed by atoms with van der Waals surface area (Å²) in [5.74, 6) is -1.56. The highest BCUT2D eigenvalue weighted by molar-refractivity contribution is 6.00. The zero-order chi connectivity index (χ0) is 15.2. The van der Waals surface area contributed by atoms with E-state index >= 15 is 0 Å². The molecule has 20 heavy (non-hydrogen) atoms. The number of rotatable bonds is 5. The third-order valence-electron chi connectivity index (χ3n) is 3.51. The Labute approximate surface area is 119 Å². The number of ether oxygens (including phenoxy) is 2. The van der Waals surface area contributed by atoms with Gasteiger partial charge in [0.2, 0.25) is 0 Å². The van der Waals surface area contributed by atoms with E-state index in [-0.39, 0.29) is 5.92 Å². The molecule has 1 aromatic carbocycles. The summed E-state index contributed by atoms with van der Waals surface area (Å²) >= 11 is 0. The number of carbonyl (C=O) groups is 2. The zero-order valence-electron chi connectivity index (χ0n) is 12.3. The third-order valence-corrected chi connectivity index (χ3v) is 3.51. The lowest BCUT2D eigenvalue weighted by atomic mass is 9.77. The summed E-state index contributed by atoms with van der Waals surface area (Å²) in [6.07, 6.45) is 3.68. The van der Waals surface area contributed by atoms with Crippen molar-refractivity contribution in [3.63, 3.8) is 0 Å². The van der Waals surface area contributed by atoms with Gasteiger partial charge in [0.1, 0.15) is 0 Å². The van der Waals surface area contributed by atoms with E-state index in [0.29, 0.717) is 0 Å². The molecule has 0 bridgehead atoms. The molecule has 0 radical (unpaired) electrons. The fraction of sp³-hybridized carbons (Fsp3) is 0.375. The van der Waals surface area contributed by atoms with Crippen LogP contribution in [0.5, 0.6) is 0 Å². The predicted molar refractivity (Wildman–Crippen MR) is 76.8 cm³/mol. The third kappa shape index (κ3) is 3.26. The highest BCUT2D eigenvalue weighted by Crippen LogP contribution is 2.32. The Morgan fingerprint density at radius 2 is 1.60 bits per heavy atom. The van der Waals surface area contributed by atoms with Crippen LogP contribution >= 0.6 is 0 Å². The van der Waals surface area contributed by atoms with Gasteiger partial charge in [-0.2, -0.15) is 0 Å². The van der Waals surface area contributed by atoms with Gasteiger partial charge in [-0.05, 0) is 12.5 Å². The van der Waals surface area contributed by atoms with Gasteiger partial charge in [-0.1, -0.05) is 49.4 Å². The van der Waals surface area contributed by atoms with Gasteiger partial charge in [-0.25, -0.2) is 0 Å². The highest BCUT2D eigenvalue weighted by atomic mass is 16.5. The van der Waals surface area contributed by atoms with Gasteiger partial charge in [-0.3, -0.25) is 9.59 Å². The van der Waals surface area contributed by atoms with Crippen LogP contribution in [0.4, 0.5) is 0 Å². The molecule has 1 rings (SSSR count). The predicted octanol–water partition coefficient (Wildman–Crippen LogP) is 2.69. The molecule has 0 fully saturated rings. The molecule has 0 heterocycles. The second kappa shape index (κ2) is 6.89. The summed E-state index contributed by atoms with van der Waals surface area (Å²) in [4.78, 5) is 23.9. The quantitative estimate of drug-likeness (QED) is 0.613. The molecular weight excluding hydrogens is 256 g/mol. The van der Waals surface area contributed by atoms with Crippen molar-refractivity contribution in [2.45, 2.75) is 13.8 Å². The average Bonchev–Trinajstić information content (AvgIpc) is 2.50. The van der Waals surface area contributed by atoms with E-state index in [1.165, 1.54) is 21.1 Å². The normalized spacial score (nSPS) is 13.0. The van der Waals surface area contributed by atoms with E-state index in [0.717, 1.165) is 5.56 Å². The molecule has 0 aliphatic rings. The molecule has 0 aliphatic carbocycles. The fourth-order valence-electron chi connectivity index (χ4n) is 1.89. The maximum atomic E-state index is 11.9. The maximum Gasteiger partial charge on any atom is 0.323 e. The van der Waals surface area contributed by atoms with Crippen LogP contribution in [0.1, 0.15) is 19.4 Å². The highest BCUT2D eigenvalue weighted by Gasteiger charge is 2.47. The molecule has 0 spiro atoms. The van der Waals surface area contributed by atoms with Gasteiger partial charge < -0.3 is 9.47 Å². The van der Waals surface area contributed by atoms with Gasteiger partial charge >= 0.3 is 11.9 Å². The monoisotopic (exact) mass is 276 g/mol. The van der Waals surface area contributed by atoms with E-state index in [1.54, 1.807) is 6.92 Å². The smallest absolute Gasteiger partial charge is 0.323 e. The van der Waals surface area contributed by atoms with Crippen LogP contribution in [0, 0.1) is 11.3 Å². The Bertz CT molecular complexity index is 474. The SMILES string of the molecule is COC(=O)C(C)(C(=O)OC)[C@@H](C)/C=C/c1ccccc1. The Kier molecular flexibility index (Phi) is 5.50. The van der Waals surface area contributed by atoms with Crippen molar-refractivity contribution >= 4 is 18.0 Å². The Morgan fingerprint density at radius 1 is 1.10 bits per heavy atom. The topological polar surface area (TPSA) is 52.6 Å².